The summed E-state index contributed by atoms with van der Waals surface area (Å²) < 4.78 is 15.3. The maximum absolute atomic E-state index is 11.7. The SMILES string of the molecule is COCCNC(=O)[C@@H](C)OC(=O)COc1ccc2c(c1)CCC2. The molecule has 0 bridgehead atoms. The summed E-state index contributed by atoms with van der Waals surface area (Å²) in [6.45, 7) is 2.10. The van der Waals surface area contributed by atoms with E-state index in [0.29, 0.717) is 18.9 Å². The first-order valence-corrected chi connectivity index (χ1v) is 7.81. The van der Waals surface area contributed by atoms with Gasteiger partial charge in [-0.2, -0.15) is 0 Å². The highest BCUT2D eigenvalue weighted by Gasteiger charge is 2.18. The van der Waals surface area contributed by atoms with E-state index in [2.05, 4.69) is 5.32 Å². The summed E-state index contributed by atoms with van der Waals surface area (Å²) in [6.07, 6.45) is 2.46. The van der Waals surface area contributed by atoms with Crippen molar-refractivity contribution >= 4 is 11.9 Å². The van der Waals surface area contributed by atoms with E-state index in [4.69, 9.17) is 14.2 Å². The van der Waals surface area contributed by atoms with Gasteiger partial charge in [-0.3, -0.25) is 4.79 Å². The number of hydrogen-bond acceptors (Lipinski definition) is 5. The van der Waals surface area contributed by atoms with Gasteiger partial charge in [-0.05, 0) is 49.4 Å². The van der Waals surface area contributed by atoms with Crippen molar-refractivity contribution in [2.45, 2.75) is 32.3 Å². The Morgan fingerprint density at radius 2 is 2.04 bits per heavy atom. The van der Waals surface area contributed by atoms with Crippen LogP contribution in [0.2, 0.25) is 0 Å². The van der Waals surface area contributed by atoms with Crippen LogP contribution in [0, 0.1) is 0 Å². The number of hydrogen-bond donors (Lipinski definition) is 1. The van der Waals surface area contributed by atoms with Crippen molar-refractivity contribution in [2.75, 3.05) is 26.9 Å². The third kappa shape index (κ3) is 5.25. The number of fused-ring (bicyclic) bond motifs is 1. The van der Waals surface area contributed by atoms with Crippen molar-refractivity contribution < 1.29 is 23.8 Å². The molecule has 0 radical (unpaired) electrons. The summed E-state index contributed by atoms with van der Waals surface area (Å²) in [5.74, 6) is -0.271. The lowest BCUT2D eigenvalue weighted by Crippen LogP contribution is -2.38. The Labute approximate surface area is 136 Å². The van der Waals surface area contributed by atoms with Gasteiger partial charge in [0.1, 0.15) is 5.75 Å². The molecule has 0 aliphatic heterocycles. The molecule has 1 N–H and O–H groups in total. The minimum absolute atomic E-state index is 0.214. The molecule has 0 aromatic heterocycles. The molecule has 6 heteroatoms. The molecular weight excluding hydrogens is 298 g/mol. The number of amides is 1. The van der Waals surface area contributed by atoms with E-state index < -0.39 is 12.1 Å². The fourth-order valence-corrected chi connectivity index (χ4v) is 2.48. The molecule has 2 rings (SSSR count). The van der Waals surface area contributed by atoms with Gasteiger partial charge in [0.25, 0.3) is 5.91 Å². The monoisotopic (exact) mass is 321 g/mol. The molecule has 0 spiro atoms. The van der Waals surface area contributed by atoms with Gasteiger partial charge < -0.3 is 19.5 Å². The first-order chi connectivity index (χ1) is 11.1. The van der Waals surface area contributed by atoms with Crippen molar-refractivity contribution in [3.05, 3.63) is 29.3 Å². The van der Waals surface area contributed by atoms with Crippen molar-refractivity contribution in [1.82, 2.24) is 5.32 Å². The highest BCUT2D eigenvalue weighted by atomic mass is 16.6. The smallest absolute Gasteiger partial charge is 0.344 e. The minimum atomic E-state index is -0.858. The maximum Gasteiger partial charge on any atom is 0.344 e. The Bertz CT molecular complexity index is 558. The molecule has 1 aromatic rings. The Morgan fingerprint density at radius 1 is 1.26 bits per heavy atom. The zero-order valence-corrected chi connectivity index (χ0v) is 13.6. The predicted octanol–water partition coefficient (Wildman–Crippen LogP) is 1.25. The zero-order valence-electron chi connectivity index (χ0n) is 13.6. The second-order valence-corrected chi connectivity index (χ2v) is 5.49. The van der Waals surface area contributed by atoms with E-state index in [9.17, 15) is 9.59 Å². The van der Waals surface area contributed by atoms with Gasteiger partial charge in [0.15, 0.2) is 12.7 Å². The van der Waals surface area contributed by atoms with Crippen LogP contribution in [0.15, 0.2) is 18.2 Å². The number of benzene rings is 1. The average Bonchev–Trinajstić information content (AvgIpc) is 3.00. The largest absolute Gasteiger partial charge is 0.482 e. The van der Waals surface area contributed by atoms with Crippen LogP contribution in [0.5, 0.6) is 5.75 Å². The molecule has 1 aromatic carbocycles. The second kappa shape index (κ2) is 8.53. The summed E-state index contributed by atoms with van der Waals surface area (Å²) in [5, 5.41) is 2.61. The summed E-state index contributed by atoms with van der Waals surface area (Å²) in [5.41, 5.74) is 2.63. The molecular formula is C17H23NO5. The van der Waals surface area contributed by atoms with Crippen molar-refractivity contribution in [1.29, 1.82) is 0 Å². The van der Waals surface area contributed by atoms with Crippen LogP contribution in [0.4, 0.5) is 0 Å². The number of aryl methyl sites for hydroxylation is 2. The number of rotatable bonds is 8. The highest BCUT2D eigenvalue weighted by molar-refractivity contribution is 5.83. The summed E-state index contributed by atoms with van der Waals surface area (Å²) in [7, 11) is 1.55. The van der Waals surface area contributed by atoms with Crippen molar-refractivity contribution in [3.63, 3.8) is 0 Å². The highest BCUT2D eigenvalue weighted by Crippen LogP contribution is 2.25. The summed E-state index contributed by atoms with van der Waals surface area (Å²) >= 11 is 0. The third-order valence-corrected chi connectivity index (χ3v) is 3.71. The average molecular weight is 321 g/mol. The Morgan fingerprint density at radius 3 is 2.83 bits per heavy atom. The number of carbonyl (C=O) groups is 2. The number of carbonyl (C=O) groups excluding carboxylic acids is 2. The van der Waals surface area contributed by atoms with Gasteiger partial charge in [-0.1, -0.05) is 6.07 Å². The standard InChI is InChI=1S/C17H23NO5/c1-12(17(20)18-8-9-21-2)23-16(19)11-22-15-7-6-13-4-3-5-14(13)10-15/h6-7,10,12H,3-5,8-9,11H2,1-2H3,(H,18,20)/t12-/m1/s1. The first-order valence-electron chi connectivity index (χ1n) is 7.81. The van der Waals surface area contributed by atoms with Crippen molar-refractivity contribution in [3.8, 4) is 5.75 Å². The first kappa shape index (κ1) is 17.3. The number of methoxy groups -OCH3 is 1. The van der Waals surface area contributed by atoms with Gasteiger partial charge in [0.05, 0.1) is 6.61 Å². The number of ether oxygens (including phenoxy) is 3. The van der Waals surface area contributed by atoms with Crippen LogP contribution in [0.1, 0.15) is 24.5 Å². The van der Waals surface area contributed by atoms with Crippen molar-refractivity contribution in [2.24, 2.45) is 0 Å². The van der Waals surface area contributed by atoms with Gasteiger partial charge in [0.2, 0.25) is 0 Å². The third-order valence-electron chi connectivity index (χ3n) is 3.71. The minimum Gasteiger partial charge on any atom is -0.482 e. The molecule has 0 unspecified atom stereocenters. The van der Waals surface area contributed by atoms with Crippen LogP contribution in [-0.2, 0) is 31.9 Å². The van der Waals surface area contributed by atoms with E-state index in [-0.39, 0.29) is 12.5 Å². The molecule has 0 saturated heterocycles. The lowest BCUT2D eigenvalue weighted by Gasteiger charge is -2.14. The van der Waals surface area contributed by atoms with Crippen LogP contribution in [0.3, 0.4) is 0 Å². The fraction of sp³-hybridized carbons (Fsp3) is 0.529. The van der Waals surface area contributed by atoms with E-state index in [1.807, 2.05) is 18.2 Å². The van der Waals surface area contributed by atoms with Gasteiger partial charge in [-0.25, -0.2) is 4.79 Å². The van der Waals surface area contributed by atoms with E-state index in [1.165, 1.54) is 18.1 Å². The fourth-order valence-electron chi connectivity index (χ4n) is 2.48. The topological polar surface area (TPSA) is 73.9 Å². The maximum atomic E-state index is 11.7. The summed E-state index contributed by atoms with van der Waals surface area (Å²) in [4.78, 5) is 23.4. The molecule has 0 saturated carbocycles. The Kier molecular flexibility index (Phi) is 6.40. The quantitative estimate of drug-likeness (QED) is 0.576. The molecule has 23 heavy (non-hydrogen) atoms. The Hall–Kier alpha value is -2.08. The molecule has 1 aliphatic carbocycles. The van der Waals surface area contributed by atoms with Crippen LogP contribution >= 0.6 is 0 Å². The normalized spacial score (nSPS) is 14.0. The summed E-state index contributed by atoms with van der Waals surface area (Å²) in [6, 6.07) is 5.86. The van der Waals surface area contributed by atoms with Gasteiger partial charge in [0, 0.05) is 13.7 Å². The van der Waals surface area contributed by atoms with Crippen LogP contribution in [-0.4, -0.2) is 44.8 Å². The molecule has 1 aliphatic rings. The molecule has 1 amide bonds. The van der Waals surface area contributed by atoms with Crippen LogP contribution in [0.25, 0.3) is 0 Å². The molecule has 6 nitrogen and oxygen atoms in total. The van der Waals surface area contributed by atoms with Crippen LogP contribution < -0.4 is 10.1 Å². The number of nitrogens with one attached hydrogen (secondary N) is 1. The zero-order chi connectivity index (χ0) is 16.7. The predicted molar refractivity (Wildman–Crippen MR) is 84.4 cm³/mol. The number of esters is 1. The lowest BCUT2D eigenvalue weighted by molar-refractivity contribution is -0.156. The molecule has 0 fully saturated rings. The second-order valence-electron chi connectivity index (χ2n) is 5.49. The molecule has 1 atom stereocenters. The lowest BCUT2D eigenvalue weighted by atomic mass is 10.1. The van der Waals surface area contributed by atoms with Gasteiger partial charge >= 0.3 is 5.97 Å². The molecule has 0 heterocycles. The van der Waals surface area contributed by atoms with E-state index in [0.717, 1.165) is 19.3 Å². The molecule has 126 valence electrons. The van der Waals surface area contributed by atoms with E-state index in [1.54, 1.807) is 7.11 Å². The Balaban J connectivity index is 1.73. The van der Waals surface area contributed by atoms with Gasteiger partial charge in [-0.15, -0.1) is 0 Å². The van der Waals surface area contributed by atoms with E-state index >= 15 is 0 Å².